The van der Waals surface area contributed by atoms with Crippen LogP contribution in [-0.2, 0) is 0 Å². The molecular weight excluding hydrogens is 315 g/mol. The molecule has 4 nitrogen and oxygen atoms in total. The van der Waals surface area contributed by atoms with Crippen molar-refractivity contribution in [3.05, 3.63) is 28.0 Å². The summed E-state index contributed by atoms with van der Waals surface area (Å²) in [5.41, 5.74) is 0.403. The van der Waals surface area contributed by atoms with Gasteiger partial charge in [-0.1, -0.05) is 0 Å². The molecule has 19 heavy (non-hydrogen) atoms. The molecule has 104 valence electrons. The van der Waals surface area contributed by atoms with Gasteiger partial charge in [0, 0.05) is 25.7 Å². The van der Waals surface area contributed by atoms with E-state index in [1.54, 1.807) is 6.07 Å². The van der Waals surface area contributed by atoms with Gasteiger partial charge >= 0.3 is 5.97 Å². The summed E-state index contributed by atoms with van der Waals surface area (Å²) < 4.78 is 14.3. The number of halogens is 2. The highest BCUT2D eigenvalue weighted by atomic mass is 79.9. The maximum atomic E-state index is 14.3. The van der Waals surface area contributed by atoms with Crippen LogP contribution in [0, 0.1) is 5.82 Å². The molecule has 1 saturated heterocycles. The zero-order chi connectivity index (χ0) is 14.2. The van der Waals surface area contributed by atoms with E-state index in [1.165, 1.54) is 6.07 Å². The maximum absolute atomic E-state index is 14.3. The third-order valence-electron chi connectivity index (χ3n) is 3.59. The lowest BCUT2D eigenvalue weighted by molar-refractivity contribution is 0.0695. The molecule has 1 fully saturated rings. The molecule has 0 amide bonds. The van der Waals surface area contributed by atoms with Crippen LogP contribution in [-0.4, -0.2) is 48.7 Å². The van der Waals surface area contributed by atoms with Crippen molar-refractivity contribution in [3.63, 3.8) is 0 Å². The van der Waals surface area contributed by atoms with Crippen molar-refractivity contribution in [2.24, 2.45) is 0 Å². The zero-order valence-electron chi connectivity index (χ0n) is 10.9. The van der Waals surface area contributed by atoms with Crippen molar-refractivity contribution in [1.82, 2.24) is 4.90 Å². The molecule has 0 saturated carbocycles. The third kappa shape index (κ3) is 2.74. The Balaban J connectivity index is 2.31. The number of rotatable bonds is 2. The molecule has 0 aromatic heterocycles. The largest absolute Gasteiger partial charge is 0.478 e. The second-order valence-electron chi connectivity index (χ2n) is 4.84. The predicted octanol–water partition coefficient (Wildman–Crippen LogP) is 2.43. The highest BCUT2D eigenvalue weighted by molar-refractivity contribution is 9.10. The van der Waals surface area contributed by atoms with E-state index in [-0.39, 0.29) is 10.0 Å². The van der Waals surface area contributed by atoms with Gasteiger partial charge in [-0.2, -0.15) is 0 Å². The molecular formula is C13H16BrFN2O2. The first-order valence-corrected chi connectivity index (χ1v) is 6.87. The van der Waals surface area contributed by atoms with Gasteiger partial charge in [0.05, 0.1) is 15.7 Å². The second-order valence-corrected chi connectivity index (χ2v) is 5.63. The van der Waals surface area contributed by atoms with Crippen LogP contribution in [0.25, 0.3) is 0 Å². The number of likely N-dealkylation sites (N-methyl/N-ethyl adjacent to an activating group) is 1. The van der Waals surface area contributed by atoms with E-state index in [1.807, 2.05) is 11.9 Å². The molecule has 0 spiro atoms. The Hall–Kier alpha value is -1.14. The molecule has 1 heterocycles. The Kier molecular flexibility index (Phi) is 4.10. The number of aromatic carboxylic acids is 1. The normalized spacial score (nSPS) is 20.6. The SMILES string of the molecule is CC1CN(c2ccc(C(=O)O)c(Br)c2F)CCN1C. The van der Waals surface area contributed by atoms with E-state index in [0.29, 0.717) is 11.7 Å². The summed E-state index contributed by atoms with van der Waals surface area (Å²) in [4.78, 5) is 15.1. The van der Waals surface area contributed by atoms with Crippen molar-refractivity contribution >= 4 is 27.6 Å². The number of nitrogens with zero attached hydrogens (tertiary/aromatic N) is 2. The monoisotopic (exact) mass is 330 g/mol. The summed E-state index contributed by atoms with van der Waals surface area (Å²) in [6.45, 7) is 4.41. The molecule has 0 aliphatic carbocycles. The molecule has 1 aromatic rings. The standard InChI is InChI=1S/C13H16BrFN2O2/c1-8-7-17(6-5-16(8)2)10-4-3-9(13(18)19)11(14)12(10)15/h3-4,8H,5-7H2,1-2H3,(H,18,19). The van der Waals surface area contributed by atoms with Crippen LogP contribution >= 0.6 is 15.9 Å². The first kappa shape index (κ1) is 14.3. The third-order valence-corrected chi connectivity index (χ3v) is 4.37. The molecule has 1 aromatic carbocycles. The van der Waals surface area contributed by atoms with E-state index >= 15 is 0 Å². The first-order valence-electron chi connectivity index (χ1n) is 6.08. The topological polar surface area (TPSA) is 43.8 Å². The van der Waals surface area contributed by atoms with Crippen molar-refractivity contribution in [1.29, 1.82) is 0 Å². The summed E-state index contributed by atoms with van der Waals surface area (Å²) in [7, 11) is 2.04. The van der Waals surface area contributed by atoms with Gasteiger partial charge in [-0.15, -0.1) is 0 Å². The van der Waals surface area contributed by atoms with Crippen molar-refractivity contribution < 1.29 is 14.3 Å². The van der Waals surface area contributed by atoms with Crippen LogP contribution in [0.4, 0.5) is 10.1 Å². The zero-order valence-corrected chi connectivity index (χ0v) is 12.4. The molecule has 0 bridgehead atoms. The number of anilines is 1. The number of hydrogen-bond donors (Lipinski definition) is 1. The number of carboxylic acids is 1. The quantitative estimate of drug-likeness (QED) is 0.904. The van der Waals surface area contributed by atoms with Crippen LogP contribution in [0.15, 0.2) is 16.6 Å². The summed E-state index contributed by atoms with van der Waals surface area (Å²) in [5.74, 6) is -1.64. The molecule has 1 atom stereocenters. The van der Waals surface area contributed by atoms with Gasteiger partial charge in [-0.05, 0) is 42.0 Å². The predicted molar refractivity (Wildman–Crippen MR) is 75.4 cm³/mol. The number of carbonyl (C=O) groups is 1. The molecule has 2 rings (SSSR count). The van der Waals surface area contributed by atoms with E-state index in [0.717, 1.165) is 19.6 Å². The molecule has 1 aliphatic rings. The van der Waals surface area contributed by atoms with Gasteiger partial charge < -0.3 is 14.9 Å². The Bertz CT molecular complexity index is 510. The summed E-state index contributed by atoms with van der Waals surface area (Å²) in [6, 6.07) is 3.32. The Morgan fingerprint density at radius 3 is 2.74 bits per heavy atom. The van der Waals surface area contributed by atoms with E-state index in [4.69, 9.17) is 5.11 Å². The van der Waals surface area contributed by atoms with E-state index in [9.17, 15) is 9.18 Å². The average Bonchev–Trinajstić information content (AvgIpc) is 2.36. The molecule has 1 unspecified atom stereocenters. The fraction of sp³-hybridized carbons (Fsp3) is 0.462. The maximum Gasteiger partial charge on any atom is 0.336 e. The van der Waals surface area contributed by atoms with Gasteiger partial charge in [0.1, 0.15) is 0 Å². The van der Waals surface area contributed by atoms with Crippen LogP contribution in [0.1, 0.15) is 17.3 Å². The second kappa shape index (κ2) is 5.46. The minimum atomic E-state index is -1.14. The molecule has 1 aliphatic heterocycles. The summed E-state index contributed by atoms with van der Waals surface area (Å²) in [5, 5.41) is 8.95. The van der Waals surface area contributed by atoms with Crippen LogP contribution < -0.4 is 4.90 Å². The number of carboxylic acid groups (broad SMARTS) is 1. The van der Waals surface area contributed by atoms with E-state index < -0.39 is 11.8 Å². The highest BCUT2D eigenvalue weighted by Gasteiger charge is 2.25. The van der Waals surface area contributed by atoms with Crippen LogP contribution in [0.2, 0.25) is 0 Å². The minimum absolute atomic E-state index is 0.0177. The summed E-state index contributed by atoms with van der Waals surface area (Å²) in [6.07, 6.45) is 0. The lowest BCUT2D eigenvalue weighted by Gasteiger charge is -2.39. The van der Waals surface area contributed by atoms with Gasteiger partial charge in [0.15, 0.2) is 5.82 Å². The smallest absolute Gasteiger partial charge is 0.336 e. The molecule has 0 radical (unpaired) electrons. The van der Waals surface area contributed by atoms with Crippen LogP contribution in [0.5, 0.6) is 0 Å². The van der Waals surface area contributed by atoms with Gasteiger partial charge in [0.2, 0.25) is 0 Å². The fourth-order valence-corrected chi connectivity index (χ4v) is 2.72. The molecule has 1 N–H and O–H groups in total. The van der Waals surface area contributed by atoms with Gasteiger partial charge in [0.25, 0.3) is 0 Å². The van der Waals surface area contributed by atoms with Crippen molar-refractivity contribution in [2.75, 3.05) is 31.6 Å². The lowest BCUT2D eigenvalue weighted by Crippen LogP contribution is -2.50. The van der Waals surface area contributed by atoms with Crippen LogP contribution in [0.3, 0.4) is 0 Å². The van der Waals surface area contributed by atoms with Crippen molar-refractivity contribution in [2.45, 2.75) is 13.0 Å². The highest BCUT2D eigenvalue weighted by Crippen LogP contribution is 2.30. The summed E-state index contributed by atoms with van der Waals surface area (Å²) >= 11 is 3.03. The number of hydrogen-bond acceptors (Lipinski definition) is 3. The molecule has 6 heteroatoms. The Labute approximate surface area is 119 Å². The Morgan fingerprint density at radius 2 is 2.16 bits per heavy atom. The number of benzene rings is 1. The van der Waals surface area contributed by atoms with Crippen molar-refractivity contribution in [3.8, 4) is 0 Å². The average molecular weight is 331 g/mol. The fourth-order valence-electron chi connectivity index (χ4n) is 2.22. The van der Waals surface area contributed by atoms with E-state index in [2.05, 4.69) is 27.8 Å². The Morgan fingerprint density at radius 1 is 1.47 bits per heavy atom. The minimum Gasteiger partial charge on any atom is -0.478 e. The van der Waals surface area contributed by atoms with Gasteiger partial charge in [-0.25, -0.2) is 9.18 Å². The number of piperazine rings is 1. The lowest BCUT2D eigenvalue weighted by atomic mass is 10.1. The van der Waals surface area contributed by atoms with Gasteiger partial charge in [-0.3, -0.25) is 0 Å². The first-order chi connectivity index (χ1) is 8.91.